The van der Waals surface area contributed by atoms with Gasteiger partial charge in [0.15, 0.2) is 0 Å². The van der Waals surface area contributed by atoms with Crippen LogP contribution in [-0.4, -0.2) is 57.0 Å². The highest BCUT2D eigenvalue weighted by Crippen LogP contribution is 2.49. The number of aryl methyl sites for hydroxylation is 1. The summed E-state index contributed by atoms with van der Waals surface area (Å²) in [5.41, 5.74) is 1.72. The average molecular weight is 432 g/mol. The van der Waals surface area contributed by atoms with Gasteiger partial charge in [-0.15, -0.1) is 0 Å². The minimum Gasteiger partial charge on any atom is -0.475 e. The van der Waals surface area contributed by atoms with Gasteiger partial charge in [-0.3, -0.25) is 14.4 Å². The van der Waals surface area contributed by atoms with Crippen LogP contribution < -0.4 is 5.32 Å². The summed E-state index contributed by atoms with van der Waals surface area (Å²) < 4.78 is 33.6. The van der Waals surface area contributed by atoms with Gasteiger partial charge in [-0.1, -0.05) is 0 Å². The molecule has 1 spiro atoms. The minimum atomic E-state index is -5.08. The highest BCUT2D eigenvalue weighted by Gasteiger charge is 2.43. The summed E-state index contributed by atoms with van der Waals surface area (Å²) >= 11 is 0. The van der Waals surface area contributed by atoms with Crippen molar-refractivity contribution in [1.82, 2.24) is 20.0 Å². The maximum atomic E-state index is 12.3. The van der Waals surface area contributed by atoms with Crippen LogP contribution in [0.1, 0.15) is 51.5 Å². The van der Waals surface area contributed by atoms with Crippen LogP contribution in [0.25, 0.3) is 0 Å². The SMILES string of the molecule is CC(C)NC(=O)C1CCC2(CCN(Cc3cnn(C)c3)CC2)C1.O=C(O)C(F)(F)F. The van der Waals surface area contributed by atoms with Crippen LogP contribution in [0, 0.1) is 11.3 Å². The Labute approximate surface area is 174 Å². The van der Waals surface area contributed by atoms with Gasteiger partial charge in [0.2, 0.25) is 5.91 Å². The lowest BCUT2D eigenvalue weighted by Gasteiger charge is -2.39. The molecule has 2 heterocycles. The fraction of sp³-hybridized carbons (Fsp3) is 0.750. The van der Waals surface area contributed by atoms with E-state index in [9.17, 15) is 18.0 Å². The first kappa shape index (κ1) is 24.2. The molecule has 10 heteroatoms. The molecule has 30 heavy (non-hydrogen) atoms. The molecule has 0 aromatic carbocycles. The maximum Gasteiger partial charge on any atom is 0.490 e. The third-order valence-electron chi connectivity index (χ3n) is 5.83. The molecule has 1 aliphatic heterocycles. The molecule has 2 fully saturated rings. The first-order valence-electron chi connectivity index (χ1n) is 10.2. The highest BCUT2D eigenvalue weighted by atomic mass is 19.4. The Hall–Kier alpha value is -2.10. The van der Waals surface area contributed by atoms with Gasteiger partial charge in [0, 0.05) is 37.3 Å². The van der Waals surface area contributed by atoms with Crippen LogP contribution >= 0.6 is 0 Å². The van der Waals surface area contributed by atoms with E-state index in [1.165, 1.54) is 24.8 Å². The Morgan fingerprint density at radius 1 is 1.30 bits per heavy atom. The molecular formula is C20H31F3N4O3. The van der Waals surface area contributed by atoms with Crippen molar-refractivity contribution in [2.45, 2.75) is 64.7 Å². The Balaban J connectivity index is 0.000000396. The quantitative estimate of drug-likeness (QED) is 0.764. The van der Waals surface area contributed by atoms with Crippen LogP contribution in [0.5, 0.6) is 0 Å². The van der Waals surface area contributed by atoms with Gasteiger partial charge in [0.25, 0.3) is 0 Å². The number of carboxylic acid groups (broad SMARTS) is 1. The van der Waals surface area contributed by atoms with Crippen LogP contribution in [0.2, 0.25) is 0 Å². The number of aliphatic carboxylic acids is 1. The topological polar surface area (TPSA) is 87.5 Å². The predicted molar refractivity (Wildman–Crippen MR) is 104 cm³/mol. The third kappa shape index (κ3) is 7.00. The third-order valence-corrected chi connectivity index (χ3v) is 5.83. The Bertz CT molecular complexity index is 725. The van der Waals surface area contributed by atoms with Crippen molar-refractivity contribution in [3.63, 3.8) is 0 Å². The number of nitrogens with one attached hydrogen (secondary N) is 1. The summed E-state index contributed by atoms with van der Waals surface area (Å²) in [4.78, 5) is 23.7. The summed E-state index contributed by atoms with van der Waals surface area (Å²) in [6.45, 7) is 7.38. The summed E-state index contributed by atoms with van der Waals surface area (Å²) in [5.74, 6) is -2.25. The number of piperidine rings is 1. The van der Waals surface area contributed by atoms with Gasteiger partial charge < -0.3 is 10.4 Å². The molecule has 0 radical (unpaired) electrons. The molecule has 0 bridgehead atoms. The van der Waals surface area contributed by atoms with Crippen molar-refractivity contribution in [3.05, 3.63) is 18.0 Å². The van der Waals surface area contributed by atoms with Gasteiger partial charge in [-0.05, 0) is 64.5 Å². The van der Waals surface area contributed by atoms with Crippen molar-refractivity contribution >= 4 is 11.9 Å². The van der Waals surface area contributed by atoms with Crippen molar-refractivity contribution < 1.29 is 27.9 Å². The molecule has 1 aliphatic carbocycles. The number of aromatic nitrogens is 2. The fourth-order valence-corrected chi connectivity index (χ4v) is 4.28. The molecule has 1 unspecified atom stereocenters. The summed E-state index contributed by atoms with van der Waals surface area (Å²) in [6, 6.07) is 0.250. The van der Waals surface area contributed by atoms with Crippen molar-refractivity contribution in [2.24, 2.45) is 18.4 Å². The number of hydrogen-bond donors (Lipinski definition) is 2. The molecule has 170 valence electrons. The second kappa shape index (κ2) is 9.80. The molecule has 2 aliphatic rings. The molecule has 7 nitrogen and oxygen atoms in total. The van der Waals surface area contributed by atoms with E-state index in [1.54, 1.807) is 0 Å². The second-order valence-electron chi connectivity index (χ2n) is 8.70. The molecule has 1 saturated heterocycles. The Morgan fingerprint density at radius 2 is 1.90 bits per heavy atom. The second-order valence-corrected chi connectivity index (χ2v) is 8.70. The van der Waals surface area contributed by atoms with E-state index in [0.29, 0.717) is 5.41 Å². The lowest BCUT2D eigenvalue weighted by atomic mass is 9.76. The van der Waals surface area contributed by atoms with E-state index in [0.717, 1.165) is 32.5 Å². The number of nitrogens with zero attached hydrogens (tertiary/aromatic N) is 3. The number of carbonyl (C=O) groups excluding carboxylic acids is 1. The number of halogens is 3. The molecule has 3 rings (SSSR count). The Morgan fingerprint density at radius 3 is 2.37 bits per heavy atom. The maximum absolute atomic E-state index is 12.3. The zero-order valence-corrected chi connectivity index (χ0v) is 17.7. The minimum absolute atomic E-state index is 0.238. The first-order chi connectivity index (χ1) is 13.9. The van der Waals surface area contributed by atoms with Crippen LogP contribution in [0.3, 0.4) is 0 Å². The highest BCUT2D eigenvalue weighted by molar-refractivity contribution is 5.79. The van der Waals surface area contributed by atoms with Gasteiger partial charge >= 0.3 is 12.1 Å². The normalized spacial score (nSPS) is 21.4. The smallest absolute Gasteiger partial charge is 0.475 e. The average Bonchev–Trinajstić information content (AvgIpc) is 3.23. The van der Waals surface area contributed by atoms with Gasteiger partial charge in [0.05, 0.1) is 6.20 Å². The summed E-state index contributed by atoms with van der Waals surface area (Å²) in [5, 5.41) is 14.5. The summed E-state index contributed by atoms with van der Waals surface area (Å²) in [6.07, 6.45) is 4.84. The van der Waals surface area contributed by atoms with E-state index in [-0.39, 0.29) is 17.9 Å². The number of likely N-dealkylation sites (tertiary alicyclic amines) is 1. The van der Waals surface area contributed by atoms with Crippen LogP contribution in [-0.2, 0) is 23.2 Å². The van der Waals surface area contributed by atoms with Crippen molar-refractivity contribution in [2.75, 3.05) is 13.1 Å². The number of hydrogen-bond acceptors (Lipinski definition) is 4. The molecule has 1 atom stereocenters. The van der Waals surface area contributed by atoms with Crippen molar-refractivity contribution in [1.29, 1.82) is 0 Å². The van der Waals surface area contributed by atoms with E-state index < -0.39 is 12.1 Å². The lowest BCUT2D eigenvalue weighted by Crippen LogP contribution is -2.39. The van der Waals surface area contributed by atoms with Gasteiger partial charge in [-0.25, -0.2) is 4.79 Å². The first-order valence-corrected chi connectivity index (χ1v) is 10.2. The zero-order chi connectivity index (χ0) is 22.5. The molecular weight excluding hydrogens is 401 g/mol. The predicted octanol–water partition coefficient (Wildman–Crippen LogP) is 2.96. The van der Waals surface area contributed by atoms with Crippen LogP contribution in [0.15, 0.2) is 12.4 Å². The fourth-order valence-electron chi connectivity index (χ4n) is 4.28. The summed E-state index contributed by atoms with van der Waals surface area (Å²) in [7, 11) is 1.97. The molecule has 1 aromatic heterocycles. The number of amides is 1. The molecule has 1 saturated carbocycles. The number of carbonyl (C=O) groups is 2. The largest absolute Gasteiger partial charge is 0.490 e. The van der Waals surface area contributed by atoms with E-state index in [4.69, 9.17) is 9.90 Å². The number of rotatable bonds is 4. The van der Waals surface area contributed by atoms with E-state index in [2.05, 4.69) is 21.5 Å². The Kier molecular flexibility index (Phi) is 7.90. The standard InChI is InChI=1S/C18H30N4O.C2HF3O2/c1-14(2)20-17(23)16-4-5-18(10-16)6-8-22(9-7-18)13-15-11-19-21(3)12-15;3-2(4,5)1(6)7/h11-12,14,16H,4-10,13H2,1-3H3,(H,20,23);(H,6,7). The van der Waals surface area contributed by atoms with Gasteiger partial charge in [-0.2, -0.15) is 18.3 Å². The lowest BCUT2D eigenvalue weighted by molar-refractivity contribution is -0.192. The molecule has 1 aromatic rings. The number of carboxylic acids is 1. The van der Waals surface area contributed by atoms with Crippen LogP contribution in [0.4, 0.5) is 13.2 Å². The zero-order valence-electron chi connectivity index (χ0n) is 17.7. The van der Waals surface area contributed by atoms with Crippen molar-refractivity contribution in [3.8, 4) is 0 Å². The van der Waals surface area contributed by atoms with E-state index in [1.807, 2.05) is 31.8 Å². The molecule has 1 amide bonds. The number of alkyl halides is 3. The van der Waals surface area contributed by atoms with Gasteiger partial charge in [0.1, 0.15) is 0 Å². The van der Waals surface area contributed by atoms with E-state index >= 15 is 0 Å². The molecule has 2 N–H and O–H groups in total. The monoisotopic (exact) mass is 432 g/mol.